The van der Waals surface area contributed by atoms with E-state index in [0.717, 1.165) is 7.11 Å². The average molecular weight is 200 g/mol. The Labute approximate surface area is 80.9 Å². The van der Waals surface area contributed by atoms with Gasteiger partial charge in [-0.05, 0) is 19.1 Å². The Bertz CT molecular complexity index is 317. The minimum Gasteiger partial charge on any atom is -0.467 e. The van der Waals surface area contributed by atoms with E-state index < -0.39 is 18.2 Å². The van der Waals surface area contributed by atoms with Gasteiger partial charge in [0.05, 0.1) is 7.11 Å². The molecular weight excluding hydrogens is 188 g/mol. The Balaban J connectivity index is 2.74. The summed E-state index contributed by atoms with van der Waals surface area (Å²) in [6.07, 6.45) is -3.01. The molecule has 1 rings (SSSR count). The van der Waals surface area contributed by atoms with Gasteiger partial charge >= 0.3 is 5.97 Å². The molecule has 0 saturated heterocycles. The summed E-state index contributed by atoms with van der Waals surface area (Å²) in [6, 6.07) is 3.12. The molecule has 14 heavy (non-hydrogen) atoms. The summed E-state index contributed by atoms with van der Waals surface area (Å²) in [7, 11) is 1.13. The van der Waals surface area contributed by atoms with Crippen LogP contribution in [0, 0.1) is 6.92 Å². The normalized spacial score (nSPS) is 14.9. The number of aliphatic hydroxyl groups excluding tert-OH is 2. The van der Waals surface area contributed by atoms with E-state index >= 15 is 0 Å². The number of aliphatic hydroxyl groups is 2. The molecule has 78 valence electrons. The molecule has 1 aromatic rings. The van der Waals surface area contributed by atoms with Crippen molar-refractivity contribution >= 4 is 5.97 Å². The molecule has 0 saturated carbocycles. The van der Waals surface area contributed by atoms with Crippen molar-refractivity contribution in [3.05, 3.63) is 23.7 Å². The first-order valence-electron chi connectivity index (χ1n) is 4.06. The lowest BCUT2D eigenvalue weighted by atomic mass is 10.1. The van der Waals surface area contributed by atoms with Gasteiger partial charge in [0.2, 0.25) is 0 Å². The zero-order chi connectivity index (χ0) is 10.7. The Morgan fingerprint density at radius 2 is 2.14 bits per heavy atom. The number of carbonyl (C=O) groups excluding carboxylic acids is 1. The monoisotopic (exact) mass is 200 g/mol. The second-order valence-electron chi connectivity index (χ2n) is 2.86. The maximum Gasteiger partial charge on any atom is 0.337 e. The first-order valence-corrected chi connectivity index (χ1v) is 4.06. The van der Waals surface area contributed by atoms with Crippen LogP contribution in [0.15, 0.2) is 16.5 Å². The second kappa shape index (κ2) is 4.26. The van der Waals surface area contributed by atoms with Crippen LogP contribution in [0.3, 0.4) is 0 Å². The summed E-state index contributed by atoms with van der Waals surface area (Å²) in [5.74, 6) is -0.164. The van der Waals surface area contributed by atoms with E-state index in [1.807, 2.05) is 0 Å². The van der Waals surface area contributed by atoms with Crippen molar-refractivity contribution < 1.29 is 24.2 Å². The average Bonchev–Trinajstić information content (AvgIpc) is 2.61. The predicted molar refractivity (Wildman–Crippen MR) is 46.4 cm³/mol. The molecule has 0 aliphatic carbocycles. The summed E-state index contributed by atoms with van der Waals surface area (Å²) < 4.78 is 9.31. The molecule has 2 N–H and O–H groups in total. The van der Waals surface area contributed by atoms with Crippen LogP contribution >= 0.6 is 0 Å². The van der Waals surface area contributed by atoms with Gasteiger partial charge in [-0.25, -0.2) is 4.79 Å². The number of aryl methyl sites for hydroxylation is 1. The number of esters is 1. The number of ether oxygens (including phenoxy) is 1. The maximum atomic E-state index is 10.9. The van der Waals surface area contributed by atoms with Crippen LogP contribution < -0.4 is 0 Å². The summed E-state index contributed by atoms with van der Waals surface area (Å²) in [5.41, 5.74) is 0. The van der Waals surface area contributed by atoms with Crippen LogP contribution in [0.4, 0.5) is 0 Å². The molecular formula is C9H12O5. The summed E-state index contributed by atoms with van der Waals surface area (Å²) in [6.45, 7) is 1.70. The van der Waals surface area contributed by atoms with Crippen LogP contribution in [0.1, 0.15) is 17.6 Å². The van der Waals surface area contributed by atoms with Crippen molar-refractivity contribution in [1.29, 1.82) is 0 Å². The Morgan fingerprint density at radius 1 is 1.50 bits per heavy atom. The quantitative estimate of drug-likeness (QED) is 0.679. The van der Waals surface area contributed by atoms with Gasteiger partial charge in [-0.2, -0.15) is 0 Å². The fourth-order valence-corrected chi connectivity index (χ4v) is 1.02. The highest BCUT2D eigenvalue weighted by Crippen LogP contribution is 2.19. The molecule has 0 aliphatic rings. The standard InChI is InChI=1S/C9H12O5/c1-5-3-4-6(14-5)7(10)8(11)9(12)13-2/h3-4,7-8,10-11H,1-2H3. The summed E-state index contributed by atoms with van der Waals surface area (Å²) >= 11 is 0. The third-order valence-corrected chi connectivity index (χ3v) is 1.79. The summed E-state index contributed by atoms with van der Waals surface area (Å²) in [4.78, 5) is 10.9. The van der Waals surface area contributed by atoms with Crippen LogP contribution in [-0.4, -0.2) is 29.4 Å². The molecule has 1 aromatic heterocycles. The van der Waals surface area contributed by atoms with Crippen LogP contribution in [-0.2, 0) is 9.53 Å². The van der Waals surface area contributed by atoms with Crippen molar-refractivity contribution in [1.82, 2.24) is 0 Å². The minimum atomic E-state index is -1.62. The number of carbonyl (C=O) groups is 1. The van der Waals surface area contributed by atoms with E-state index in [2.05, 4.69) is 4.74 Å². The van der Waals surface area contributed by atoms with Gasteiger partial charge in [0.15, 0.2) is 6.10 Å². The van der Waals surface area contributed by atoms with Crippen LogP contribution in [0.2, 0.25) is 0 Å². The van der Waals surface area contributed by atoms with Crippen LogP contribution in [0.25, 0.3) is 0 Å². The number of furan rings is 1. The lowest BCUT2D eigenvalue weighted by molar-refractivity contribution is -0.157. The van der Waals surface area contributed by atoms with Gasteiger partial charge in [0.25, 0.3) is 0 Å². The molecule has 5 nitrogen and oxygen atoms in total. The smallest absolute Gasteiger partial charge is 0.337 e. The van der Waals surface area contributed by atoms with Gasteiger partial charge < -0.3 is 19.4 Å². The molecule has 0 fully saturated rings. The minimum absolute atomic E-state index is 0.139. The fourth-order valence-electron chi connectivity index (χ4n) is 1.02. The molecule has 0 aliphatic heterocycles. The van der Waals surface area contributed by atoms with Crippen molar-refractivity contribution in [2.45, 2.75) is 19.1 Å². The Hall–Kier alpha value is -1.33. The van der Waals surface area contributed by atoms with Gasteiger partial charge in [0, 0.05) is 0 Å². The molecule has 0 radical (unpaired) electrons. The number of hydrogen-bond acceptors (Lipinski definition) is 5. The lowest BCUT2D eigenvalue weighted by Gasteiger charge is -2.12. The van der Waals surface area contributed by atoms with Gasteiger partial charge in [-0.3, -0.25) is 0 Å². The Kier molecular flexibility index (Phi) is 3.27. The molecule has 2 unspecified atom stereocenters. The van der Waals surface area contributed by atoms with Crippen LogP contribution in [0.5, 0.6) is 0 Å². The molecule has 0 amide bonds. The zero-order valence-corrected chi connectivity index (χ0v) is 7.93. The highest BCUT2D eigenvalue weighted by Gasteiger charge is 2.28. The van der Waals surface area contributed by atoms with E-state index in [4.69, 9.17) is 4.42 Å². The van der Waals surface area contributed by atoms with E-state index in [1.54, 1.807) is 13.0 Å². The van der Waals surface area contributed by atoms with Crippen molar-refractivity contribution in [2.75, 3.05) is 7.11 Å². The third-order valence-electron chi connectivity index (χ3n) is 1.79. The van der Waals surface area contributed by atoms with Gasteiger partial charge in [-0.1, -0.05) is 0 Å². The molecule has 2 atom stereocenters. The second-order valence-corrected chi connectivity index (χ2v) is 2.86. The SMILES string of the molecule is COC(=O)C(O)C(O)c1ccc(C)o1. The predicted octanol–water partition coefficient (Wildman–Crippen LogP) is 0.155. The first-order chi connectivity index (χ1) is 6.56. The van der Waals surface area contributed by atoms with Crippen molar-refractivity contribution in [3.8, 4) is 0 Å². The summed E-state index contributed by atoms with van der Waals surface area (Å²) in [5, 5.41) is 18.7. The van der Waals surface area contributed by atoms with Crippen molar-refractivity contribution in [3.63, 3.8) is 0 Å². The van der Waals surface area contributed by atoms with E-state index in [9.17, 15) is 15.0 Å². The van der Waals surface area contributed by atoms with Gasteiger partial charge in [0.1, 0.15) is 17.6 Å². The largest absolute Gasteiger partial charge is 0.467 e. The van der Waals surface area contributed by atoms with E-state index in [0.29, 0.717) is 5.76 Å². The highest BCUT2D eigenvalue weighted by molar-refractivity contribution is 5.75. The van der Waals surface area contributed by atoms with E-state index in [1.165, 1.54) is 6.07 Å². The third kappa shape index (κ3) is 2.12. The highest BCUT2D eigenvalue weighted by atomic mass is 16.5. The van der Waals surface area contributed by atoms with Gasteiger partial charge in [-0.15, -0.1) is 0 Å². The van der Waals surface area contributed by atoms with Crippen molar-refractivity contribution in [2.24, 2.45) is 0 Å². The maximum absolute atomic E-state index is 10.9. The molecule has 1 heterocycles. The number of methoxy groups -OCH3 is 1. The van der Waals surface area contributed by atoms with E-state index in [-0.39, 0.29) is 5.76 Å². The first kappa shape index (κ1) is 10.7. The fraction of sp³-hybridized carbons (Fsp3) is 0.444. The topological polar surface area (TPSA) is 79.9 Å². The molecule has 0 bridgehead atoms. The number of hydrogen-bond donors (Lipinski definition) is 2. The Morgan fingerprint density at radius 3 is 2.57 bits per heavy atom. The molecule has 5 heteroatoms. The lowest BCUT2D eigenvalue weighted by Crippen LogP contribution is -2.28. The number of rotatable bonds is 3. The molecule has 0 aromatic carbocycles. The molecule has 0 spiro atoms. The zero-order valence-electron chi connectivity index (χ0n) is 7.93.